The van der Waals surface area contributed by atoms with E-state index in [0.29, 0.717) is 5.56 Å². The number of aromatic nitrogens is 1. The maximum Gasteiger partial charge on any atom is 0.318 e. The molecule has 1 aromatic heterocycles. The van der Waals surface area contributed by atoms with Crippen LogP contribution in [0.3, 0.4) is 0 Å². The third-order valence-corrected chi connectivity index (χ3v) is 4.05. The van der Waals surface area contributed by atoms with Gasteiger partial charge in [0.05, 0.1) is 12.1 Å². The van der Waals surface area contributed by atoms with Crippen LogP contribution in [0, 0.1) is 11.6 Å². The van der Waals surface area contributed by atoms with Crippen molar-refractivity contribution >= 4 is 6.03 Å². The van der Waals surface area contributed by atoms with Crippen molar-refractivity contribution in [2.45, 2.75) is 32.4 Å². The van der Waals surface area contributed by atoms with E-state index in [1.54, 1.807) is 31.3 Å². The van der Waals surface area contributed by atoms with Crippen LogP contribution in [-0.2, 0) is 0 Å². The van der Waals surface area contributed by atoms with Crippen molar-refractivity contribution in [3.8, 4) is 0 Å². The number of carbonyl (C=O) groups is 1. The molecule has 0 aliphatic heterocycles. The van der Waals surface area contributed by atoms with Crippen molar-refractivity contribution in [3.05, 3.63) is 65.5 Å². The van der Waals surface area contributed by atoms with Gasteiger partial charge in [-0.2, -0.15) is 0 Å². The van der Waals surface area contributed by atoms with Crippen LogP contribution in [0.2, 0.25) is 0 Å². The minimum absolute atomic E-state index is 0.0925. The summed E-state index contributed by atoms with van der Waals surface area (Å²) in [5.74, 6) is -1.83. The zero-order valence-electron chi connectivity index (χ0n) is 14.0. The van der Waals surface area contributed by atoms with Crippen LogP contribution in [0.25, 0.3) is 0 Å². The van der Waals surface area contributed by atoms with Gasteiger partial charge in [0, 0.05) is 19.4 Å². The van der Waals surface area contributed by atoms with Crippen molar-refractivity contribution in [1.82, 2.24) is 15.2 Å². The molecule has 1 heterocycles. The fourth-order valence-electron chi connectivity index (χ4n) is 2.61. The molecule has 2 rings (SSSR count). The summed E-state index contributed by atoms with van der Waals surface area (Å²) >= 11 is 0. The quantitative estimate of drug-likeness (QED) is 0.891. The highest BCUT2D eigenvalue weighted by atomic mass is 19.2. The lowest BCUT2D eigenvalue weighted by Gasteiger charge is -2.29. The maximum absolute atomic E-state index is 13.3. The van der Waals surface area contributed by atoms with Crippen LogP contribution in [-0.4, -0.2) is 23.0 Å². The highest BCUT2D eigenvalue weighted by Crippen LogP contribution is 2.23. The number of pyridine rings is 1. The average Bonchev–Trinajstić information content (AvgIpc) is 2.58. The van der Waals surface area contributed by atoms with Crippen LogP contribution in [0.4, 0.5) is 13.6 Å². The Bertz CT molecular complexity index is 694. The Labute approximate surface area is 140 Å². The van der Waals surface area contributed by atoms with E-state index in [9.17, 15) is 13.6 Å². The van der Waals surface area contributed by atoms with Crippen molar-refractivity contribution in [1.29, 1.82) is 0 Å². The van der Waals surface area contributed by atoms with E-state index >= 15 is 0 Å². The second kappa shape index (κ2) is 7.86. The van der Waals surface area contributed by atoms with Gasteiger partial charge in [0.2, 0.25) is 0 Å². The number of halogens is 2. The van der Waals surface area contributed by atoms with Gasteiger partial charge in [-0.25, -0.2) is 13.6 Å². The second-order valence-electron chi connectivity index (χ2n) is 5.66. The van der Waals surface area contributed by atoms with Crippen molar-refractivity contribution in [2.75, 3.05) is 7.05 Å². The molecule has 0 bridgehead atoms. The predicted molar refractivity (Wildman–Crippen MR) is 88.3 cm³/mol. The summed E-state index contributed by atoms with van der Waals surface area (Å²) in [5, 5.41) is 2.81. The van der Waals surface area contributed by atoms with Gasteiger partial charge in [-0.15, -0.1) is 0 Å². The molecule has 4 nitrogen and oxygen atoms in total. The first-order valence-corrected chi connectivity index (χ1v) is 7.82. The lowest BCUT2D eigenvalue weighted by molar-refractivity contribution is 0.185. The van der Waals surface area contributed by atoms with Gasteiger partial charge >= 0.3 is 6.03 Å². The molecule has 0 radical (unpaired) electrons. The van der Waals surface area contributed by atoms with E-state index in [1.807, 2.05) is 19.1 Å². The fourth-order valence-corrected chi connectivity index (χ4v) is 2.61. The van der Waals surface area contributed by atoms with E-state index in [4.69, 9.17) is 0 Å². The first-order chi connectivity index (χ1) is 11.4. The van der Waals surface area contributed by atoms with Crippen LogP contribution < -0.4 is 5.32 Å². The number of amides is 2. The Morgan fingerprint density at radius 2 is 1.83 bits per heavy atom. The molecule has 0 spiro atoms. The summed E-state index contributed by atoms with van der Waals surface area (Å²) in [4.78, 5) is 18.1. The number of nitrogens with zero attached hydrogens (tertiary/aromatic N) is 2. The molecule has 1 N–H and O–H groups in total. The number of urea groups is 1. The summed E-state index contributed by atoms with van der Waals surface area (Å²) < 4.78 is 26.4. The number of rotatable bonds is 5. The number of hydrogen-bond acceptors (Lipinski definition) is 2. The van der Waals surface area contributed by atoms with E-state index in [0.717, 1.165) is 24.1 Å². The van der Waals surface area contributed by atoms with Crippen LogP contribution >= 0.6 is 0 Å². The predicted octanol–water partition coefficient (Wildman–Crippen LogP) is 4.21. The maximum atomic E-state index is 13.3. The lowest BCUT2D eigenvalue weighted by Crippen LogP contribution is -2.40. The minimum Gasteiger partial charge on any atom is -0.331 e. The Morgan fingerprint density at radius 1 is 1.17 bits per heavy atom. The van der Waals surface area contributed by atoms with Crippen molar-refractivity contribution in [3.63, 3.8) is 0 Å². The van der Waals surface area contributed by atoms with Crippen molar-refractivity contribution < 1.29 is 13.6 Å². The fraction of sp³-hybridized carbons (Fsp3) is 0.333. The van der Waals surface area contributed by atoms with Gasteiger partial charge < -0.3 is 10.2 Å². The Morgan fingerprint density at radius 3 is 2.42 bits per heavy atom. The van der Waals surface area contributed by atoms with E-state index in [2.05, 4.69) is 10.3 Å². The molecule has 6 heteroatoms. The second-order valence-corrected chi connectivity index (χ2v) is 5.66. The number of nitrogens with one attached hydrogen (secondary N) is 1. The zero-order valence-corrected chi connectivity index (χ0v) is 14.0. The summed E-state index contributed by atoms with van der Waals surface area (Å²) in [7, 11) is 1.71. The Hall–Kier alpha value is -2.50. The van der Waals surface area contributed by atoms with Crippen LogP contribution in [0.1, 0.15) is 43.5 Å². The molecule has 0 saturated carbocycles. The van der Waals surface area contributed by atoms with Crippen LogP contribution in [0.5, 0.6) is 0 Å². The monoisotopic (exact) mass is 333 g/mol. The molecule has 2 amide bonds. The third-order valence-electron chi connectivity index (χ3n) is 4.05. The van der Waals surface area contributed by atoms with Gasteiger partial charge in [-0.3, -0.25) is 4.98 Å². The molecule has 2 aromatic rings. The summed E-state index contributed by atoms with van der Waals surface area (Å²) in [6.07, 6.45) is 4.12. The number of hydrogen-bond donors (Lipinski definition) is 1. The molecule has 0 fully saturated rings. The summed E-state index contributed by atoms with van der Waals surface area (Å²) in [5.41, 5.74) is 1.50. The van der Waals surface area contributed by atoms with Crippen LogP contribution in [0.15, 0.2) is 42.7 Å². The molecule has 2 atom stereocenters. The zero-order chi connectivity index (χ0) is 17.7. The normalized spacial score (nSPS) is 13.2. The van der Waals surface area contributed by atoms with E-state index < -0.39 is 17.7 Å². The van der Waals surface area contributed by atoms with Gasteiger partial charge in [0.15, 0.2) is 11.6 Å². The third kappa shape index (κ3) is 4.07. The first-order valence-electron chi connectivity index (χ1n) is 7.82. The molecular weight excluding hydrogens is 312 g/mol. The smallest absolute Gasteiger partial charge is 0.318 e. The Balaban J connectivity index is 2.08. The van der Waals surface area contributed by atoms with Gasteiger partial charge in [-0.05, 0) is 48.7 Å². The van der Waals surface area contributed by atoms with E-state index in [-0.39, 0.29) is 12.1 Å². The lowest BCUT2D eigenvalue weighted by atomic mass is 10.0. The topological polar surface area (TPSA) is 45.2 Å². The summed E-state index contributed by atoms with van der Waals surface area (Å²) in [6, 6.07) is 6.55. The SMILES string of the molecule is CC[C@H](c1ccncc1)N(C)C(=O)N[C@@H](C)c1ccc(F)c(F)c1. The number of benzene rings is 1. The highest BCUT2D eigenvalue weighted by Gasteiger charge is 2.22. The highest BCUT2D eigenvalue weighted by molar-refractivity contribution is 5.75. The molecule has 128 valence electrons. The molecular formula is C18H21F2N3O. The molecule has 0 unspecified atom stereocenters. The molecule has 0 aliphatic rings. The molecule has 1 aromatic carbocycles. The standard InChI is InChI=1S/C18H21F2N3O/c1-4-17(13-7-9-21-10-8-13)23(3)18(24)22-12(2)14-5-6-15(19)16(20)11-14/h5-12,17H,4H2,1-3H3,(H,22,24)/t12-,17+/m0/s1. The molecule has 24 heavy (non-hydrogen) atoms. The summed E-state index contributed by atoms with van der Waals surface area (Å²) in [6.45, 7) is 3.72. The van der Waals surface area contributed by atoms with E-state index in [1.165, 1.54) is 6.07 Å². The molecule has 0 saturated heterocycles. The van der Waals surface area contributed by atoms with Crippen molar-refractivity contribution in [2.24, 2.45) is 0 Å². The van der Waals surface area contributed by atoms with Gasteiger partial charge in [0.1, 0.15) is 0 Å². The number of carbonyl (C=O) groups excluding carboxylic acids is 1. The molecule has 0 aliphatic carbocycles. The van der Waals surface area contributed by atoms with Gasteiger partial charge in [0.25, 0.3) is 0 Å². The Kier molecular flexibility index (Phi) is 5.84. The van der Waals surface area contributed by atoms with Gasteiger partial charge in [-0.1, -0.05) is 13.0 Å². The minimum atomic E-state index is -0.926. The first kappa shape index (κ1) is 17.8. The largest absolute Gasteiger partial charge is 0.331 e. The average molecular weight is 333 g/mol.